The first-order chi connectivity index (χ1) is 17.4. The molecule has 0 bridgehead atoms. The van der Waals surface area contributed by atoms with E-state index in [0.29, 0.717) is 23.6 Å². The third kappa shape index (κ3) is 5.33. The second-order valence-corrected chi connectivity index (χ2v) is 9.32. The summed E-state index contributed by atoms with van der Waals surface area (Å²) in [6.07, 6.45) is 3.89. The van der Waals surface area contributed by atoms with E-state index in [1.807, 2.05) is 13.0 Å². The molecule has 0 aliphatic heterocycles. The van der Waals surface area contributed by atoms with E-state index in [9.17, 15) is 14.4 Å². The molecule has 10 heteroatoms. The van der Waals surface area contributed by atoms with Gasteiger partial charge < -0.3 is 21.5 Å². The van der Waals surface area contributed by atoms with Crippen molar-refractivity contribution in [3.63, 3.8) is 0 Å². The van der Waals surface area contributed by atoms with Crippen LogP contribution < -0.4 is 26.4 Å². The van der Waals surface area contributed by atoms with Crippen molar-refractivity contribution in [2.75, 3.05) is 17.2 Å². The SMILES string of the molecule is CCOc1ccc([C@@H](C(=O)NC2CCCC2)N(C(=O)c2snc(C(N)=O)c2N)c2ccccc2)cc1. The van der Waals surface area contributed by atoms with Crippen molar-refractivity contribution in [2.45, 2.75) is 44.7 Å². The van der Waals surface area contributed by atoms with Gasteiger partial charge in [0.05, 0.1) is 12.3 Å². The van der Waals surface area contributed by atoms with E-state index < -0.39 is 17.9 Å². The molecule has 36 heavy (non-hydrogen) atoms. The lowest BCUT2D eigenvalue weighted by Crippen LogP contribution is -2.46. The van der Waals surface area contributed by atoms with Crippen LogP contribution in [0.3, 0.4) is 0 Å². The number of nitrogen functional groups attached to an aromatic ring is 1. The van der Waals surface area contributed by atoms with E-state index in [-0.39, 0.29) is 28.2 Å². The molecular formula is C26H29N5O4S. The predicted molar refractivity (Wildman–Crippen MR) is 139 cm³/mol. The van der Waals surface area contributed by atoms with Crippen LogP contribution in [0.1, 0.15) is 64.4 Å². The van der Waals surface area contributed by atoms with Crippen LogP contribution in [0.2, 0.25) is 0 Å². The normalized spacial score (nSPS) is 14.2. The molecule has 3 amide bonds. The largest absolute Gasteiger partial charge is 0.494 e. The fraction of sp³-hybridized carbons (Fsp3) is 0.308. The molecule has 1 atom stereocenters. The predicted octanol–water partition coefficient (Wildman–Crippen LogP) is 3.67. The highest BCUT2D eigenvalue weighted by Crippen LogP contribution is 2.34. The first-order valence-electron chi connectivity index (χ1n) is 11.9. The lowest BCUT2D eigenvalue weighted by molar-refractivity contribution is -0.123. The second-order valence-electron chi connectivity index (χ2n) is 8.54. The maximum absolute atomic E-state index is 14.0. The number of para-hydroxylation sites is 1. The van der Waals surface area contributed by atoms with Crippen LogP contribution in [0.15, 0.2) is 54.6 Å². The average Bonchev–Trinajstić information content (AvgIpc) is 3.53. The van der Waals surface area contributed by atoms with Crippen molar-refractivity contribution in [1.29, 1.82) is 0 Å². The number of carbonyl (C=O) groups excluding carboxylic acids is 3. The van der Waals surface area contributed by atoms with E-state index in [2.05, 4.69) is 9.69 Å². The Balaban J connectivity index is 1.81. The monoisotopic (exact) mass is 507 g/mol. The highest BCUT2D eigenvalue weighted by Gasteiger charge is 2.37. The van der Waals surface area contributed by atoms with Crippen LogP contribution in [-0.2, 0) is 4.79 Å². The van der Waals surface area contributed by atoms with Gasteiger partial charge in [0.25, 0.3) is 11.8 Å². The number of primary amides is 1. The van der Waals surface area contributed by atoms with E-state index in [0.717, 1.165) is 37.2 Å². The summed E-state index contributed by atoms with van der Waals surface area (Å²) in [5.74, 6) is -1.02. The van der Waals surface area contributed by atoms with Crippen molar-refractivity contribution in [3.05, 3.63) is 70.7 Å². The fourth-order valence-electron chi connectivity index (χ4n) is 4.39. The number of nitrogens with two attached hydrogens (primary N) is 2. The second kappa shape index (κ2) is 11.2. The van der Waals surface area contributed by atoms with Gasteiger partial charge in [-0.15, -0.1) is 0 Å². The molecular weight excluding hydrogens is 478 g/mol. The molecule has 5 N–H and O–H groups in total. The number of ether oxygens (including phenoxy) is 1. The molecule has 1 fully saturated rings. The lowest BCUT2D eigenvalue weighted by Gasteiger charge is -2.32. The summed E-state index contributed by atoms with van der Waals surface area (Å²) in [6, 6.07) is 15.0. The summed E-state index contributed by atoms with van der Waals surface area (Å²) in [5, 5.41) is 3.13. The van der Waals surface area contributed by atoms with E-state index in [4.69, 9.17) is 16.2 Å². The minimum atomic E-state index is -1.00. The van der Waals surface area contributed by atoms with Crippen molar-refractivity contribution in [1.82, 2.24) is 9.69 Å². The molecule has 0 spiro atoms. The molecule has 0 saturated heterocycles. The van der Waals surface area contributed by atoms with Crippen LogP contribution in [0.4, 0.5) is 11.4 Å². The molecule has 3 aromatic rings. The maximum Gasteiger partial charge on any atom is 0.273 e. The molecule has 9 nitrogen and oxygen atoms in total. The number of benzene rings is 2. The van der Waals surface area contributed by atoms with Gasteiger partial charge in [0, 0.05) is 11.7 Å². The maximum atomic E-state index is 14.0. The highest BCUT2D eigenvalue weighted by molar-refractivity contribution is 7.09. The van der Waals surface area contributed by atoms with Gasteiger partial charge in [-0.3, -0.25) is 19.3 Å². The fourth-order valence-corrected chi connectivity index (χ4v) is 5.13. The molecule has 0 unspecified atom stereocenters. The van der Waals surface area contributed by atoms with Crippen molar-refractivity contribution in [2.24, 2.45) is 5.73 Å². The van der Waals surface area contributed by atoms with Gasteiger partial charge in [0.1, 0.15) is 16.7 Å². The van der Waals surface area contributed by atoms with E-state index in [1.165, 1.54) is 4.90 Å². The Morgan fingerprint density at radius 2 is 1.78 bits per heavy atom. The zero-order chi connectivity index (χ0) is 25.7. The molecule has 1 aliphatic rings. The number of nitrogens with one attached hydrogen (secondary N) is 1. The number of hydrogen-bond donors (Lipinski definition) is 3. The van der Waals surface area contributed by atoms with Gasteiger partial charge in [0.2, 0.25) is 5.91 Å². The number of nitrogens with zero attached hydrogens (tertiary/aromatic N) is 2. The van der Waals surface area contributed by atoms with Crippen molar-refractivity contribution >= 4 is 40.6 Å². The number of anilines is 2. The summed E-state index contributed by atoms with van der Waals surface area (Å²) in [5.41, 5.74) is 12.3. The van der Waals surface area contributed by atoms with E-state index in [1.54, 1.807) is 48.5 Å². The van der Waals surface area contributed by atoms with Crippen molar-refractivity contribution in [3.8, 4) is 5.75 Å². The minimum absolute atomic E-state index is 0.0391. The Kier molecular flexibility index (Phi) is 7.84. The summed E-state index contributed by atoms with van der Waals surface area (Å²) in [7, 11) is 0. The van der Waals surface area contributed by atoms with Crippen molar-refractivity contribution < 1.29 is 19.1 Å². The van der Waals surface area contributed by atoms with Crippen LogP contribution in [0.5, 0.6) is 5.75 Å². The minimum Gasteiger partial charge on any atom is -0.494 e. The molecule has 1 saturated carbocycles. The third-order valence-corrected chi connectivity index (χ3v) is 6.97. The molecule has 4 rings (SSSR count). The number of hydrogen-bond acceptors (Lipinski definition) is 7. The Bertz CT molecular complexity index is 1220. The van der Waals surface area contributed by atoms with Crippen LogP contribution >= 0.6 is 11.5 Å². The zero-order valence-electron chi connectivity index (χ0n) is 20.0. The molecule has 0 radical (unpaired) electrons. The van der Waals surface area contributed by atoms with Crippen LogP contribution in [-0.4, -0.2) is 34.7 Å². The average molecular weight is 508 g/mol. The zero-order valence-corrected chi connectivity index (χ0v) is 20.8. The van der Waals surface area contributed by atoms with Gasteiger partial charge in [-0.25, -0.2) is 0 Å². The highest BCUT2D eigenvalue weighted by atomic mass is 32.1. The Labute approximate surface area is 213 Å². The number of aromatic nitrogens is 1. The van der Waals surface area contributed by atoms with Gasteiger partial charge in [-0.05, 0) is 61.1 Å². The molecule has 188 valence electrons. The first kappa shape index (κ1) is 25.2. The summed E-state index contributed by atoms with van der Waals surface area (Å²) < 4.78 is 9.55. The summed E-state index contributed by atoms with van der Waals surface area (Å²) >= 11 is 0.783. The summed E-state index contributed by atoms with van der Waals surface area (Å²) in [6.45, 7) is 2.40. The van der Waals surface area contributed by atoms with Crippen LogP contribution in [0, 0.1) is 0 Å². The third-order valence-electron chi connectivity index (χ3n) is 6.12. The van der Waals surface area contributed by atoms with Crippen LogP contribution in [0.25, 0.3) is 0 Å². The quantitative estimate of drug-likeness (QED) is 0.404. The van der Waals surface area contributed by atoms with E-state index >= 15 is 0 Å². The summed E-state index contributed by atoms with van der Waals surface area (Å²) in [4.78, 5) is 41.0. The van der Waals surface area contributed by atoms with Gasteiger partial charge in [-0.1, -0.05) is 43.2 Å². The Morgan fingerprint density at radius 1 is 1.11 bits per heavy atom. The molecule has 1 heterocycles. The Hall–Kier alpha value is -3.92. The first-order valence-corrected chi connectivity index (χ1v) is 12.6. The molecule has 2 aromatic carbocycles. The number of amides is 3. The topological polar surface area (TPSA) is 141 Å². The van der Waals surface area contributed by atoms with Gasteiger partial charge in [-0.2, -0.15) is 4.37 Å². The standard InChI is InChI=1S/C26H29N5O4S/c1-2-35-19-14-12-16(13-15-19)22(25(33)29-17-8-6-7-9-17)31(18-10-4-3-5-11-18)26(34)23-20(27)21(24(28)32)30-36-23/h3-5,10-15,17,22H,2,6-9,27H2,1H3,(H2,28,32)(H,29,33)/t22-/m0/s1. The Morgan fingerprint density at radius 3 is 2.36 bits per heavy atom. The lowest BCUT2D eigenvalue weighted by atomic mass is 10.0. The van der Waals surface area contributed by atoms with Gasteiger partial charge >= 0.3 is 0 Å². The molecule has 1 aliphatic carbocycles. The number of carbonyl (C=O) groups is 3. The smallest absolute Gasteiger partial charge is 0.273 e. The number of rotatable bonds is 9. The molecule has 1 aromatic heterocycles. The van der Waals surface area contributed by atoms with Gasteiger partial charge in [0.15, 0.2) is 5.69 Å².